The molecule has 9 heteroatoms. The van der Waals surface area contributed by atoms with E-state index in [9.17, 15) is 9.59 Å². The highest BCUT2D eigenvalue weighted by Gasteiger charge is 2.19. The molecule has 1 amide bonds. The van der Waals surface area contributed by atoms with E-state index in [0.717, 1.165) is 22.4 Å². The van der Waals surface area contributed by atoms with E-state index in [-0.39, 0.29) is 17.8 Å². The van der Waals surface area contributed by atoms with Crippen LogP contribution in [0.2, 0.25) is 0 Å². The number of carbonyl (C=O) groups excluding carboxylic acids is 1. The van der Waals surface area contributed by atoms with E-state index in [4.69, 9.17) is 10.7 Å². The maximum absolute atomic E-state index is 13.2. The highest BCUT2D eigenvalue weighted by atomic mass is 16.1. The van der Waals surface area contributed by atoms with Crippen LogP contribution in [0.3, 0.4) is 0 Å². The molecular formula is C28H27N7O2. The Morgan fingerprint density at radius 1 is 1.08 bits per heavy atom. The number of carbonyl (C=O) groups is 1. The van der Waals surface area contributed by atoms with E-state index >= 15 is 0 Å². The summed E-state index contributed by atoms with van der Waals surface area (Å²) in [5.41, 5.74) is 11.4. The molecule has 0 atom stereocenters. The SMILES string of the molecule is CCn1c(N)c(-c2ncc[nH]2)c(=O)c2ccc(-c3ccc(CC(=O)Nc4cc(C)cc(C)n4)cc3)nc21. The molecule has 0 aliphatic rings. The molecule has 37 heavy (non-hydrogen) atoms. The molecule has 5 aromatic rings. The monoisotopic (exact) mass is 493 g/mol. The number of anilines is 2. The Morgan fingerprint density at radius 3 is 2.54 bits per heavy atom. The van der Waals surface area contributed by atoms with Crippen LogP contribution in [0, 0.1) is 13.8 Å². The second kappa shape index (κ2) is 9.69. The Hall–Kier alpha value is -4.79. The molecule has 0 aliphatic heterocycles. The van der Waals surface area contributed by atoms with Gasteiger partial charge in [0, 0.05) is 30.2 Å². The number of aromatic nitrogens is 5. The number of nitrogens with one attached hydrogen (secondary N) is 2. The zero-order chi connectivity index (χ0) is 26.1. The third-order valence-electron chi connectivity index (χ3n) is 6.18. The number of aromatic amines is 1. The largest absolute Gasteiger partial charge is 0.384 e. The molecule has 0 unspecified atom stereocenters. The number of imidazole rings is 1. The Bertz CT molecular complexity index is 1650. The van der Waals surface area contributed by atoms with Crippen molar-refractivity contribution < 1.29 is 4.79 Å². The minimum Gasteiger partial charge on any atom is -0.384 e. The number of pyridine rings is 3. The first-order chi connectivity index (χ1) is 17.8. The lowest BCUT2D eigenvalue weighted by atomic mass is 10.1. The van der Waals surface area contributed by atoms with E-state index < -0.39 is 0 Å². The average Bonchev–Trinajstić information content (AvgIpc) is 3.38. The van der Waals surface area contributed by atoms with E-state index in [1.165, 1.54) is 0 Å². The van der Waals surface area contributed by atoms with Crippen LogP contribution in [0.15, 0.2) is 65.7 Å². The third-order valence-corrected chi connectivity index (χ3v) is 6.18. The fourth-order valence-corrected chi connectivity index (χ4v) is 4.51. The maximum atomic E-state index is 13.2. The molecule has 5 rings (SSSR count). The second-order valence-electron chi connectivity index (χ2n) is 8.93. The minimum absolute atomic E-state index is 0.135. The Labute approximate surface area is 213 Å². The van der Waals surface area contributed by atoms with Crippen LogP contribution < -0.4 is 16.5 Å². The topological polar surface area (TPSA) is 132 Å². The maximum Gasteiger partial charge on any atom is 0.229 e. The summed E-state index contributed by atoms with van der Waals surface area (Å²) in [6.45, 7) is 6.36. The molecule has 4 heterocycles. The number of aryl methyl sites for hydroxylation is 3. The summed E-state index contributed by atoms with van der Waals surface area (Å²) in [5.74, 6) is 1.17. The number of benzene rings is 1. The van der Waals surface area contributed by atoms with Gasteiger partial charge in [-0.15, -0.1) is 0 Å². The van der Waals surface area contributed by atoms with Crippen LogP contribution >= 0.6 is 0 Å². The Kier molecular flexibility index (Phi) is 6.27. The van der Waals surface area contributed by atoms with Gasteiger partial charge in [-0.05, 0) is 56.2 Å². The first kappa shape index (κ1) is 23.9. The molecular weight excluding hydrogens is 466 g/mol. The fraction of sp³-hybridized carbons (Fsp3) is 0.179. The van der Waals surface area contributed by atoms with Gasteiger partial charge < -0.3 is 20.6 Å². The van der Waals surface area contributed by atoms with Crippen LogP contribution in [0.1, 0.15) is 23.7 Å². The number of nitrogen functional groups attached to an aromatic ring is 1. The number of amides is 1. The minimum atomic E-state index is -0.217. The van der Waals surface area contributed by atoms with Gasteiger partial charge in [-0.3, -0.25) is 9.59 Å². The van der Waals surface area contributed by atoms with E-state index in [2.05, 4.69) is 20.3 Å². The average molecular weight is 494 g/mol. The first-order valence-corrected chi connectivity index (χ1v) is 12.0. The van der Waals surface area contributed by atoms with Crippen molar-refractivity contribution >= 4 is 28.6 Å². The van der Waals surface area contributed by atoms with Gasteiger partial charge in [0.15, 0.2) is 0 Å². The van der Waals surface area contributed by atoms with Crippen LogP contribution in [0.25, 0.3) is 33.7 Å². The van der Waals surface area contributed by atoms with Crippen LogP contribution in [0.4, 0.5) is 11.6 Å². The molecule has 1 aromatic carbocycles. The molecule has 4 aromatic heterocycles. The molecule has 0 fully saturated rings. The molecule has 0 bridgehead atoms. The number of rotatable bonds is 6. The summed E-state index contributed by atoms with van der Waals surface area (Å²) < 4.78 is 1.82. The van der Waals surface area contributed by atoms with Gasteiger partial charge in [-0.25, -0.2) is 15.0 Å². The van der Waals surface area contributed by atoms with Crippen LogP contribution in [-0.2, 0) is 17.8 Å². The predicted molar refractivity (Wildman–Crippen MR) is 145 cm³/mol. The van der Waals surface area contributed by atoms with E-state index in [1.54, 1.807) is 18.5 Å². The second-order valence-corrected chi connectivity index (χ2v) is 8.93. The molecule has 186 valence electrons. The molecule has 9 nitrogen and oxygen atoms in total. The lowest BCUT2D eigenvalue weighted by molar-refractivity contribution is -0.115. The van der Waals surface area contributed by atoms with Crippen molar-refractivity contribution in [2.45, 2.75) is 33.7 Å². The summed E-state index contributed by atoms with van der Waals surface area (Å²) in [6, 6.07) is 15.0. The van der Waals surface area contributed by atoms with Gasteiger partial charge in [0.2, 0.25) is 11.3 Å². The number of hydrogen-bond donors (Lipinski definition) is 3. The lowest BCUT2D eigenvalue weighted by Gasteiger charge is -2.15. The molecule has 0 saturated heterocycles. The van der Waals surface area contributed by atoms with Crippen molar-refractivity contribution in [1.82, 2.24) is 24.5 Å². The first-order valence-electron chi connectivity index (χ1n) is 12.0. The standard InChI is InChI=1S/C28H27N7O2/c1-4-35-26(29)24(27-30-11-12-31-27)25(37)20-9-10-21(33-28(20)35)19-7-5-18(6-8-19)15-23(36)34-22-14-16(2)13-17(3)32-22/h5-14H,4,15,29H2,1-3H3,(H,30,31)(H,32,34,36). The molecule has 0 spiro atoms. The predicted octanol–water partition coefficient (Wildman–Crippen LogP) is 4.25. The van der Waals surface area contributed by atoms with Gasteiger partial charge in [-0.1, -0.05) is 24.3 Å². The van der Waals surface area contributed by atoms with Crippen molar-refractivity contribution in [2.75, 3.05) is 11.1 Å². The zero-order valence-corrected chi connectivity index (χ0v) is 20.9. The van der Waals surface area contributed by atoms with Gasteiger partial charge in [0.1, 0.15) is 28.7 Å². The number of H-pyrrole nitrogens is 1. The van der Waals surface area contributed by atoms with Crippen molar-refractivity contribution in [3.8, 4) is 22.6 Å². The quantitative estimate of drug-likeness (QED) is 0.324. The third kappa shape index (κ3) is 4.71. The van der Waals surface area contributed by atoms with Crippen LogP contribution in [-0.4, -0.2) is 30.4 Å². The lowest BCUT2D eigenvalue weighted by Crippen LogP contribution is -2.18. The van der Waals surface area contributed by atoms with E-state index in [1.807, 2.05) is 67.8 Å². The van der Waals surface area contributed by atoms with Crippen molar-refractivity contribution in [1.29, 1.82) is 0 Å². The summed E-state index contributed by atoms with van der Waals surface area (Å²) in [4.78, 5) is 42.1. The Morgan fingerprint density at radius 2 is 1.86 bits per heavy atom. The molecule has 4 N–H and O–H groups in total. The van der Waals surface area contributed by atoms with Gasteiger partial charge >= 0.3 is 0 Å². The molecule has 0 radical (unpaired) electrons. The van der Waals surface area contributed by atoms with Crippen molar-refractivity contribution in [3.05, 3.63) is 88.0 Å². The Balaban J connectivity index is 1.42. The summed E-state index contributed by atoms with van der Waals surface area (Å²) in [7, 11) is 0. The van der Waals surface area contributed by atoms with E-state index in [0.29, 0.717) is 46.3 Å². The summed E-state index contributed by atoms with van der Waals surface area (Å²) in [6.07, 6.45) is 3.47. The number of fused-ring (bicyclic) bond motifs is 1. The molecule has 0 aliphatic carbocycles. The summed E-state index contributed by atoms with van der Waals surface area (Å²) in [5, 5.41) is 3.33. The van der Waals surface area contributed by atoms with Gasteiger partial charge in [0.05, 0.1) is 17.5 Å². The smallest absolute Gasteiger partial charge is 0.229 e. The number of hydrogen-bond acceptors (Lipinski definition) is 6. The van der Waals surface area contributed by atoms with Crippen molar-refractivity contribution in [3.63, 3.8) is 0 Å². The van der Waals surface area contributed by atoms with Gasteiger partial charge in [-0.2, -0.15) is 0 Å². The normalized spacial score (nSPS) is 11.1. The van der Waals surface area contributed by atoms with Crippen LogP contribution in [0.5, 0.6) is 0 Å². The van der Waals surface area contributed by atoms with Crippen molar-refractivity contribution in [2.24, 2.45) is 0 Å². The highest BCUT2D eigenvalue weighted by molar-refractivity contribution is 5.91. The highest BCUT2D eigenvalue weighted by Crippen LogP contribution is 2.26. The number of nitrogens with zero attached hydrogens (tertiary/aromatic N) is 4. The number of nitrogens with two attached hydrogens (primary N) is 1. The summed E-state index contributed by atoms with van der Waals surface area (Å²) >= 11 is 0. The zero-order valence-electron chi connectivity index (χ0n) is 20.9. The van der Waals surface area contributed by atoms with Gasteiger partial charge in [0.25, 0.3) is 0 Å². The fourth-order valence-electron chi connectivity index (χ4n) is 4.51. The molecule has 0 saturated carbocycles.